The van der Waals surface area contributed by atoms with Crippen LogP contribution in [0.2, 0.25) is 0 Å². The molecule has 0 amide bonds. The molecule has 0 saturated heterocycles. The zero-order chi connectivity index (χ0) is 12.7. The smallest absolute Gasteiger partial charge is 0.0851 e. The van der Waals surface area contributed by atoms with E-state index in [0.717, 1.165) is 18.5 Å². The van der Waals surface area contributed by atoms with Gasteiger partial charge in [-0.2, -0.15) is 5.10 Å². The van der Waals surface area contributed by atoms with Crippen LogP contribution in [0.15, 0.2) is 17.8 Å². The summed E-state index contributed by atoms with van der Waals surface area (Å²) < 4.78 is 7.14. The Labute approximate surface area is 103 Å². The normalized spacial score (nSPS) is 12.4. The highest BCUT2D eigenvalue weighted by atomic mass is 16.5. The first-order valence-electron chi connectivity index (χ1n) is 6.11. The zero-order valence-corrected chi connectivity index (χ0v) is 11.0. The van der Waals surface area contributed by atoms with Crippen LogP contribution in [0.3, 0.4) is 0 Å². The van der Waals surface area contributed by atoms with Crippen molar-refractivity contribution in [3.8, 4) is 0 Å². The maximum atomic E-state index is 5.52. The summed E-state index contributed by atoms with van der Waals surface area (Å²) in [5, 5.41) is 4.49. The summed E-state index contributed by atoms with van der Waals surface area (Å²) >= 11 is 0. The van der Waals surface area contributed by atoms with Crippen LogP contribution < -0.4 is 5.73 Å². The maximum absolute atomic E-state index is 5.52. The van der Waals surface area contributed by atoms with Gasteiger partial charge in [-0.25, -0.2) is 0 Å². The third kappa shape index (κ3) is 4.71. The average molecular weight is 237 g/mol. The van der Waals surface area contributed by atoms with Crippen molar-refractivity contribution in [1.29, 1.82) is 0 Å². The summed E-state index contributed by atoms with van der Waals surface area (Å²) in [6, 6.07) is 2.42. The fraction of sp³-hybridized carbons (Fsp3) is 0.615. The minimum Gasteiger partial charge on any atom is -0.380 e. The third-order valence-electron chi connectivity index (χ3n) is 2.54. The Kier molecular flexibility index (Phi) is 5.94. The van der Waals surface area contributed by atoms with Gasteiger partial charge in [0.1, 0.15) is 0 Å². The molecule has 0 aliphatic rings. The number of nitrogens with two attached hydrogens (primary N) is 1. The molecule has 0 aromatic carbocycles. The lowest BCUT2D eigenvalue weighted by Gasteiger charge is -2.05. The Hall–Kier alpha value is -1.13. The van der Waals surface area contributed by atoms with E-state index in [1.807, 2.05) is 16.9 Å². The van der Waals surface area contributed by atoms with Crippen molar-refractivity contribution in [2.45, 2.75) is 32.7 Å². The van der Waals surface area contributed by atoms with Crippen molar-refractivity contribution in [3.63, 3.8) is 0 Å². The van der Waals surface area contributed by atoms with Crippen molar-refractivity contribution >= 4 is 6.08 Å². The number of ether oxygens (including phenoxy) is 1. The molecule has 2 N–H and O–H groups in total. The molecule has 0 aliphatic carbocycles. The molecule has 0 unspecified atom stereocenters. The zero-order valence-electron chi connectivity index (χ0n) is 11.0. The van der Waals surface area contributed by atoms with Crippen LogP contribution in [0.4, 0.5) is 0 Å². The van der Waals surface area contributed by atoms with Crippen LogP contribution >= 0.6 is 0 Å². The molecule has 17 heavy (non-hydrogen) atoms. The largest absolute Gasteiger partial charge is 0.380 e. The van der Waals surface area contributed by atoms with E-state index in [1.165, 1.54) is 5.57 Å². The number of hydrogen-bond donors (Lipinski definition) is 1. The number of rotatable bonds is 7. The highest BCUT2D eigenvalue weighted by Crippen LogP contribution is 2.12. The fourth-order valence-electron chi connectivity index (χ4n) is 1.63. The Morgan fingerprint density at radius 2 is 2.35 bits per heavy atom. The number of nitrogens with zero attached hydrogens (tertiary/aromatic N) is 2. The van der Waals surface area contributed by atoms with Crippen LogP contribution in [0.25, 0.3) is 6.08 Å². The standard InChI is InChI=1S/C13H23N3O/c1-11(2)16-8-6-13(15-16)9-12(10-17-3)5-4-7-14/h6,8-9,11H,4-5,7,10,14H2,1-3H3/b12-9+. The molecule has 0 fully saturated rings. The molecule has 0 spiro atoms. The van der Waals surface area contributed by atoms with Crippen LogP contribution in [-0.2, 0) is 4.74 Å². The van der Waals surface area contributed by atoms with E-state index in [2.05, 4.69) is 25.0 Å². The highest BCUT2D eigenvalue weighted by Gasteiger charge is 2.02. The monoisotopic (exact) mass is 237 g/mol. The molecule has 4 heteroatoms. The van der Waals surface area contributed by atoms with E-state index in [1.54, 1.807) is 7.11 Å². The lowest BCUT2D eigenvalue weighted by molar-refractivity contribution is 0.223. The predicted octanol–water partition coefficient (Wildman–Crippen LogP) is 2.23. The molecule has 1 rings (SSSR count). The Morgan fingerprint density at radius 3 is 2.88 bits per heavy atom. The van der Waals surface area contributed by atoms with Crippen LogP contribution in [0.1, 0.15) is 38.4 Å². The Balaban J connectivity index is 2.72. The maximum Gasteiger partial charge on any atom is 0.0851 e. The van der Waals surface area contributed by atoms with Gasteiger partial charge in [0, 0.05) is 19.3 Å². The quantitative estimate of drug-likeness (QED) is 0.791. The minimum atomic E-state index is 0.395. The average Bonchev–Trinajstić information content (AvgIpc) is 2.75. The first-order chi connectivity index (χ1) is 8.17. The molecular weight excluding hydrogens is 214 g/mol. The van der Waals surface area contributed by atoms with Crippen molar-refractivity contribution in [2.24, 2.45) is 5.73 Å². The van der Waals surface area contributed by atoms with Gasteiger partial charge in [-0.1, -0.05) is 0 Å². The fourth-order valence-corrected chi connectivity index (χ4v) is 1.63. The van der Waals surface area contributed by atoms with Crippen molar-refractivity contribution in [1.82, 2.24) is 9.78 Å². The molecule has 0 atom stereocenters. The third-order valence-corrected chi connectivity index (χ3v) is 2.54. The molecule has 0 aliphatic heterocycles. The van der Waals surface area contributed by atoms with Gasteiger partial charge in [0.25, 0.3) is 0 Å². The lowest BCUT2D eigenvalue weighted by Crippen LogP contribution is -2.03. The molecule has 0 bridgehead atoms. The van der Waals surface area contributed by atoms with Crippen molar-refractivity contribution < 1.29 is 4.74 Å². The van der Waals surface area contributed by atoms with Gasteiger partial charge < -0.3 is 10.5 Å². The topological polar surface area (TPSA) is 53.1 Å². The second-order valence-corrected chi connectivity index (χ2v) is 4.44. The van der Waals surface area contributed by atoms with Gasteiger partial charge in [-0.05, 0) is 50.9 Å². The van der Waals surface area contributed by atoms with Gasteiger partial charge in [0.05, 0.1) is 12.3 Å². The molecular formula is C13H23N3O. The van der Waals surface area contributed by atoms with E-state index < -0.39 is 0 Å². The van der Waals surface area contributed by atoms with E-state index >= 15 is 0 Å². The second kappa shape index (κ2) is 7.25. The van der Waals surface area contributed by atoms with Crippen molar-refractivity contribution in [3.05, 3.63) is 23.5 Å². The summed E-state index contributed by atoms with van der Waals surface area (Å²) in [5.74, 6) is 0. The first kappa shape index (κ1) is 13.9. The van der Waals surface area contributed by atoms with Gasteiger partial charge in [0.2, 0.25) is 0 Å². The van der Waals surface area contributed by atoms with Crippen LogP contribution in [0.5, 0.6) is 0 Å². The molecule has 0 radical (unpaired) electrons. The Bertz CT molecular complexity index is 355. The van der Waals surface area contributed by atoms with Crippen LogP contribution in [0, 0.1) is 0 Å². The van der Waals surface area contributed by atoms with Crippen LogP contribution in [-0.4, -0.2) is 30.0 Å². The molecule has 0 saturated carbocycles. The minimum absolute atomic E-state index is 0.395. The van der Waals surface area contributed by atoms with Gasteiger partial charge in [-0.15, -0.1) is 0 Å². The van der Waals surface area contributed by atoms with E-state index in [9.17, 15) is 0 Å². The second-order valence-electron chi connectivity index (χ2n) is 4.44. The number of hydrogen-bond acceptors (Lipinski definition) is 3. The number of aromatic nitrogens is 2. The molecule has 96 valence electrons. The molecule has 1 aromatic rings. The predicted molar refractivity (Wildman–Crippen MR) is 70.8 cm³/mol. The summed E-state index contributed by atoms with van der Waals surface area (Å²) in [7, 11) is 1.71. The molecule has 1 aromatic heterocycles. The summed E-state index contributed by atoms with van der Waals surface area (Å²) in [5.41, 5.74) is 7.75. The first-order valence-corrected chi connectivity index (χ1v) is 6.11. The lowest BCUT2D eigenvalue weighted by atomic mass is 10.1. The van der Waals surface area contributed by atoms with E-state index in [4.69, 9.17) is 10.5 Å². The van der Waals surface area contributed by atoms with E-state index in [0.29, 0.717) is 19.2 Å². The van der Waals surface area contributed by atoms with Gasteiger partial charge in [-0.3, -0.25) is 4.68 Å². The number of methoxy groups -OCH3 is 1. The summed E-state index contributed by atoms with van der Waals surface area (Å²) in [6.07, 6.45) is 6.06. The van der Waals surface area contributed by atoms with Crippen molar-refractivity contribution in [2.75, 3.05) is 20.3 Å². The summed E-state index contributed by atoms with van der Waals surface area (Å²) in [6.45, 7) is 5.59. The molecule has 4 nitrogen and oxygen atoms in total. The summed E-state index contributed by atoms with van der Waals surface area (Å²) in [4.78, 5) is 0. The van der Waals surface area contributed by atoms with E-state index in [-0.39, 0.29) is 0 Å². The highest BCUT2D eigenvalue weighted by molar-refractivity contribution is 5.48. The Morgan fingerprint density at radius 1 is 1.59 bits per heavy atom. The van der Waals surface area contributed by atoms with Gasteiger partial charge >= 0.3 is 0 Å². The van der Waals surface area contributed by atoms with Gasteiger partial charge in [0.15, 0.2) is 0 Å². The SMILES string of the molecule is COC/C(=C/c1ccn(C(C)C)n1)CCCN. The molecule has 1 heterocycles.